The van der Waals surface area contributed by atoms with Gasteiger partial charge in [-0.15, -0.1) is 0 Å². The topological polar surface area (TPSA) is 84.5 Å². The molecule has 0 bridgehead atoms. The summed E-state index contributed by atoms with van der Waals surface area (Å²) in [5.74, 6) is 0.702. The number of carbonyl (C=O) groups excluding carboxylic acids is 1. The Balaban J connectivity index is 1.46. The average molecular weight is 335 g/mol. The van der Waals surface area contributed by atoms with Crippen molar-refractivity contribution in [3.63, 3.8) is 0 Å². The third-order valence-electron chi connectivity index (χ3n) is 3.91. The SMILES string of the molecule is Cc1cc2ncc(NC(=O)N[C@@H](C)c3cc4ccccc4o3)cn2n1. The minimum Gasteiger partial charge on any atom is -0.459 e. The molecule has 7 heteroatoms. The molecule has 1 aromatic carbocycles. The zero-order valence-corrected chi connectivity index (χ0v) is 13.9. The Hall–Kier alpha value is -3.35. The van der Waals surface area contributed by atoms with Crippen molar-refractivity contribution >= 4 is 28.3 Å². The highest BCUT2D eigenvalue weighted by Crippen LogP contribution is 2.23. The van der Waals surface area contributed by atoms with Gasteiger partial charge in [0.05, 0.1) is 29.8 Å². The van der Waals surface area contributed by atoms with Crippen LogP contribution in [-0.2, 0) is 0 Å². The zero-order valence-electron chi connectivity index (χ0n) is 13.9. The number of aromatic nitrogens is 3. The van der Waals surface area contributed by atoms with Crippen LogP contribution in [0.25, 0.3) is 16.6 Å². The fraction of sp³-hybridized carbons (Fsp3) is 0.167. The fourth-order valence-corrected chi connectivity index (χ4v) is 2.71. The number of amides is 2. The van der Waals surface area contributed by atoms with Crippen LogP contribution < -0.4 is 10.6 Å². The van der Waals surface area contributed by atoms with E-state index in [-0.39, 0.29) is 12.1 Å². The third-order valence-corrected chi connectivity index (χ3v) is 3.91. The number of aryl methyl sites for hydroxylation is 1. The molecule has 7 nitrogen and oxygen atoms in total. The lowest BCUT2D eigenvalue weighted by Gasteiger charge is -2.12. The third kappa shape index (κ3) is 3.03. The summed E-state index contributed by atoms with van der Waals surface area (Å²) in [4.78, 5) is 16.5. The van der Waals surface area contributed by atoms with E-state index in [0.717, 1.165) is 22.3 Å². The molecular formula is C18H17N5O2. The molecule has 0 aliphatic carbocycles. The van der Waals surface area contributed by atoms with E-state index in [0.29, 0.717) is 11.4 Å². The number of benzene rings is 1. The Morgan fingerprint density at radius 3 is 2.96 bits per heavy atom. The highest BCUT2D eigenvalue weighted by atomic mass is 16.3. The van der Waals surface area contributed by atoms with Gasteiger partial charge in [0.15, 0.2) is 5.65 Å². The van der Waals surface area contributed by atoms with Crippen LogP contribution >= 0.6 is 0 Å². The van der Waals surface area contributed by atoms with Crippen LogP contribution in [-0.4, -0.2) is 20.6 Å². The van der Waals surface area contributed by atoms with Gasteiger partial charge in [0.1, 0.15) is 11.3 Å². The van der Waals surface area contributed by atoms with E-state index in [1.807, 2.05) is 50.2 Å². The number of hydrogen-bond acceptors (Lipinski definition) is 4. The Kier molecular flexibility index (Phi) is 3.61. The molecule has 4 rings (SSSR count). The number of fused-ring (bicyclic) bond motifs is 2. The number of rotatable bonds is 3. The largest absolute Gasteiger partial charge is 0.459 e. The molecule has 0 aliphatic heterocycles. The predicted octanol–water partition coefficient (Wildman–Crippen LogP) is 3.67. The molecule has 2 amide bonds. The van der Waals surface area contributed by atoms with Crippen molar-refractivity contribution in [1.29, 1.82) is 0 Å². The second kappa shape index (κ2) is 5.94. The summed E-state index contributed by atoms with van der Waals surface area (Å²) in [5.41, 5.74) is 2.96. The zero-order chi connectivity index (χ0) is 17.4. The van der Waals surface area contributed by atoms with Gasteiger partial charge in [-0.3, -0.25) is 0 Å². The molecule has 0 aliphatic rings. The molecule has 3 heterocycles. The first-order valence-corrected chi connectivity index (χ1v) is 7.96. The normalized spacial score (nSPS) is 12.4. The first-order chi connectivity index (χ1) is 12.1. The van der Waals surface area contributed by atoms with Gasteiger partial charge in [0.2, 0.25) is 0 Å². The van der Waals surface area contributed by atoms with E-state index < -0.39 is 0 Å². The van der Waals surface area contributed by atoms with Gasteiger partial charge in [-0.05, 0) is 26.0 Å². The highest BCUT2D eigenvalue weighted by molar-refractivity contribution is 5.89. The van der Waals surface area contributed by atoms with E-state index in [1.165, 1.54) is 0 Å². The number of carbonyl (C=O) groups is 1. The number of para-hydroxylation sites is 1. The first kappa shape index (κ1) is 15.2. The summed E-state index contributed by atoms with van der Waals surface area (Å²) in [6, 6.07) is 10.9. The fourth-order valence-electron chi connectivity index (χ4n) is 2.71. The van der Waals surface area contributed by atoms with Crippen LogP contribution in [0.1, 0.15) is 24.4 Å². The summed E-state index contributed by atoms with van der Waals surface area (Å²) in [6.45, 7) is 3.76. The van der Waals surface area contributed by atoms with Crippen molar-refractivity contribution in [2.75, 3.05) is 5.32 Å². The molecule has 0 spiro atoms. The van der Waals surface area contributed by atoms with Crippen LogP contribution in [0, 0.1) is 6.92 Å². The lowest BCUT2D eigenvalue weighted by Crippen LogP contribution is -2.31. The van der Waals surface area contributed by atoms with Gasteiger partial charge < -0.3 is 15.1 Å². The van der Waals surface area contributed by atoms with Gasteiger partial charge >= 0.3 is 6.03 Å². The average Bonchev–Trinajstić information content (AvgIpc) is 3.16. The number of hydrogen-bond donors (Lipinski definition) is 2. The van der Waals surface area contributed by atoms with Crippen LogP contribution in [0.2, 0.25) is 0 Å². The Bertz CT molecular complexity index is 1030. The standard InChI is InChI=1S/C18H17N5O2/c1-11-7-17-19-9-14(10-23(17)22-11)21-18(24)20-12(2)16-8-13-5-3-4-6-15(13)25-16/h3-10,12H,1-2H3,(H2,20,21,24)/t12-/m0/s1. The quantitative estimate of drug-likeness (QED) is 0.598. The van der Waals surface area contributed by atoms with E-state index >= 15 is 0 Å². The van der Waals surface area contributed by atoms with Gasteiger partial charge in [0.25, 0.3) is 0 Å². The maximum Gasteiger partial charge on any atom is 0.319 e. The van der Waals surface area contributed by atoms with E-state index in [9.17, 15) is 4.79 Å². The van der Waals surface area contributed by atoms with Crippen molar-refractivity contribution in [1.82, 2.24) is 19.9 Å². The van der Waals surface area contributed by atoms with Crippen molar-refractivity contribution in [2.45, 2.75) is 19.9 Å². The molecule has 0 fully saturated rings. The van der Waals surface area contributed by atoms with Crippen molar-refractivity contribution < 1.29 is 9.21 Å². The van der Waals surface area contributed by atoms with Gasteiger partial charge in [-0.25, -0.2) is 14.3 Å². The van der Waals surface area contributed by atoms with Gasteiger partial charge in [-0.2, -0.15) is 5.10 Å². The summed E-state index contributed by atoms with van der Waals surface area (Å²) in [7, 11) is 0. The van der Waals surface area contributed by atoms with E-state index in [1.54, 1.807) is 16.9 Å². The molecule has 2 N–H and O–H groups in total. The molecular weight excluding hydrogens is 318 g/mol. The molecule has 3 aromatic heterocycles. The Morgan fingerprint density at radius 1 is 1.28 bits per heavy atom. The predicted molar refractivity (Wildman–Crippen MR) is 94.5 cm³/mol. The first-order valence-electron chi connectivity index (χ1n) is 7.96. The minimum absolute atomic E-state index is 0.268. The van der Waals surface area contributed by atoms with Gasteiger partial charge in [0, 0.05) is 11.5 Å². The highest BCUT2D eigenvalue weighted by Gasteiger charge is 2.14. The molecule has 25 heavy (non-hydrogen) atoms. The second-order valence-electron chi connectivity index (χ2n) is 5.94. The summed E-state index contributed by atoms with van der Waals surface area (Å²) >= 11 is 0. The van der Waals surface area contributed by atoms with E-state index in [4.69, 9.17) is 4.42 Å². The van der Waals surface area contributed by atoms with Crippen LogP contribution in [0.15, 0.2) is 53.2 Å². The van der Waals surface area contributed by atoms with Crippen molar-refractivity contribution in [2.24, 2.45) is 0 Å². The maximum atomic E-state index is 12.2. The summed E-state index contributed by atoms with van der Waals surface area (Å²) in [6.07, 6.45) is 3.32. The second-order valence-corrected chi connectivity index (χ2v) is 5.94. The minimum atomic E-state index is -0.335. The molecule has 4 aromatic rings. The lowest BCUT2D eigenvalue weighted by molar-refractivity contribution is 0.248. The van der Waals surface area contributed by atoms with Gasteiger partial charge in [-0.1, -0.05) is 18.2 Å². The molecule has 126 valence electrons. The number of urea groups is 1. The van der Waals surface area contributed by atoms with Crippen LogP contribution in [0.4, 0.5) is 10.5 Å². The molecule has 0 radical (unpaired) electrons. The molecule has 0 saturated heterocycles. The number of nitrogens with one attached hydrogen (secondary N) is 2. The smallest absolute Gasteiger partial charge is 0.319 e. The molecule has 0 saturated carbocycles. The summed E-state index contributed by atoms with van der Waals surface area (Å²) in [5, 5.41) is 10.9. The van der Waals surface area contributed by atoms with Crippen molar-refractivity contribution in [3.8, 4) is 0 Å². The Labute approximate surface area is 143 Å². The summed E-state index contributed by atoms with van der Waals surface area (Å²) < 4.78 is 7.40. The number of nitrogens with zero attached hydrogens (tertiary/aromatic N) is 3. The Morgan fingerprint density at radius 2 is 2.12 bits per heavy atom. The number of anilines is 1. The van der Waals surface area contributed by atoms with Crippen LogP contribution in [0.5, 0.6) is 0 Å². The molecule has 0 unspecified atom stereocenters. The lowest BCUT2D eigenvalue weighted by atomic mass is 10.2. The molecule has 1 atom stereocenters. The number of furan rings is 1. The van der Waals surface area contributed by atoms with E-state index in [2.05, 4.69) is 20.7 Å². The van der Waals surface area contributed by atoms with Crippen LogP contribution in [0.3, 0.4) is 0 Å². The monoisotopic (exact) mass is 335 g/mol. The van der Waals surface area contributed by atoms with Crippen molar-refractivity contribution in [3.05, 3.63) is 60.2 Å². The maximum absolute atomic E-state index is 12.2.